The fourth-order valence-corrected chi connectivity index (χ4v) is 3.71. The van der Waals surface area contributed by atoms with E-state index in [-0.39, 0.29) is 11.2 Å². The van der Waals surface area contributed by atoms with Crippen molar-refractivity contribution in [2.45, 2.75) is 18.3 Å². The molecule has 114 valence electrons. The molecule has 0 spiro atoms. The molecule has 1 atom stereocenters. The molecule has 1 aliphatic rings. The van der Waals surface area contributed by atoms with Gasteiger partial charge in [0.25, 0.3) is 0 Å². The predicted molar refractivity (Wildman–Crippen MR) is 81.9 cm³/mol. The molecule has 1 aliphatic heterocycles. The van der Waals surface area contributed by atoms with Gasteiger partial charge in [0.05, 0.1) is 17.4 Å². The normalized spacial score (nSPS) is 16.5. The molecule has 3 nitrogen and oxygen atoms in total. The van der Waals surface area contributed by atoms with Crippen LogP contribution in [-0.4, -0.2) is 27.8 Å². The van der Waals surface area contributed by atoms with Crippen molar-refractivity contribution in [2.24, 2.45) is 4.99 Å². The molecular weight excluding hydrogens is 321 g/mol. The van der Waals surface area contributed by atoms with Crippen molar-refractivity contribution < 1.29 is 18.0 Å². The Bertz CT molecular complexity index is 543. The predicted octanol–water partition coefficient (Wildman–Crippen LogP) is 3.87. The van der Waals surface area contributed by atoms with Crippen LogP contribution >= 0.6 is 23.5 Å². The number of rotatable bonds is 3. The summed E-state index contributed by atoms with van der Waals surface area (Å²) in [5.41, 5.74) is -0.388. The third kappa shape index (κ3) is 4.67. The molecule has 21 heavy (non-hydrogen) atoms. The lowest BCUT2D eigenvalue weighted by molar-refractivity contribution is -0.137. The molecule has 2 rings (SSSR count). The van der Waals surface area contributed by atoms with Crippen molar-refractivity contribution in [1.29, 1.82) is 0 Å². The van der Waals surface area contributed by atoms with Gasteiger partial charge in [-0.05, 0) is 31.2 Å². The van der Waals surface area contributed by atoms with Gasteiger partial charge in [0.2, 0.25) is 5.91 Å². The van der Waals surface area contributed by atoms with Crippen LogP contribution in [0.1, 0.15) is 12.5 Å². The van der Waals surface area contributed by atoms with E-state index in [0.29, 0.717) is 5.69 Å². The average Bonchev–Trinajstić information content (AvgIpc) is 2.91. The number of nitrogens with zero attached hydrogens (tertiary/aromatic N) is 1. The van der Waals surface area contributed by atoms with Crippen molar-refractivity contribution >= 4 is 39.5 Å². The lowest BCUT2D eigenvalue weighted by Gasteiger charge is -2.12. The van der Waals surface area contributed by atoms with Crippen molar-refractivity contribution in [3.05, 3.63) is 29.8 Å². The summed E-state index contributed by atoms with van der Waals surface area (Å²) in [6, 6.07) is 4.40. The van der Waals surface area contributed by atoms with E-state index in [1.807, 2.05) is 0 Å². The van der Waals surface area contributed by atoms with Gasteiger partial charge in [0, 0.05) is 11.4 Å². The number of halogens is 3. The fourth-order valence-electron chi connectivity index (χ4n) is 1.58. The van der Waals surface area contributed by atoms with Crippen LogP contribution in [0.2, 0.25) is 0 Å². The molecule has 0 unspecified atom stereocenters. The van der Waals surface area contributed by atoms with E-state index in [2.05, 4.69) is 10.3 Å². The van der Waals surface area contributed by atoms with Gasteiger partial charge < -0.3 is 5.32 Å². The smallest absolute Gasteiger partial charge is 0.325 e. The molecule has 0 aliphatic carbocycles. The summed E-state index contributed by atoms with van der Waals surface area (Å²) >= 11 is 2.97. The lowest BCUT2D eigenvalue weighted by Crippen LogP contribution is -2.23. The summed E-state index contributed by atoms with van der Waals surface area (Å²) in [4.78, 5) is 16.2. The van der Waals surface area contributed by atoms with E-state index in [0.717, 1.165) is 28.8 Å². The van der Waals surface area contributed by atoms with Crippen molar-refractivity contribution in [1.82, 2.24) is 0 Å². The molecule has 1 aromatic rings. The average molecular weight is 334 g/mol. The zero-order chi connectivity index (χ0) is 15.5. The number of hydrogen-bond acceptors (Lipinski definition) is 4. The number of aliphatic imine (C=N–C) groups is 1. The SMILES string of the molecule is C[C@@H](SC1=NCCS1)C(=O)Nc1ccc(C(F)(F)F)cc1. The molecule has 0 bridgehead atoms. The third-order valence-electron chi connectivity index (χ3n) is 2.68. The summed E-state index contributed by atoms with van der Waals surface area (Å²) in [6.07, 6.45) is -4.37. The Hall–Kier alpha value is -1.15. The fraction of sp³-hybridized carbons (Fsp3) is 0.385. The number of benzene rings is 1. The monoisotopic (exact) mass is 334 g/mol. The van der Waals surface area contributed by atoms with Crippen molar-refractivity contribution in [3.8, 4) is 0 Å². The molecule has 1 N–H and O–H groups in total. The lowest BCUT2D eigenvalue weighted by atomic mass is 10.2. The zero-order valence-corrected chi connectivity index (χ0v) is 12.7. The van der Waals surface area contributed by atoms with Gasteiger partial charge in [-0.25, -0.2) is 0 Å². The quantitative estimate of drug-likeness (QED) is 0.912. The maximum atomic E-state index is 12.4. The highest BCUT2D eigenvalue weighted by atomic mass is 32.2. The molecule has 0 saturated carbocycles. The van der Waals surface area contributed by atoms with Crippen LogP contribution < -0.4 is 5.32 Å². The van der Waals surface area contributed by atoms with E-state index >= 15 is 0 Å². The maximum Gasteiger partial charge on any atom is 0.416 e. The number of hydrogen-bond donors (Lipinski definition) is 1. The van der Waals surface area contributed by atoms with Crippen LogP contribution in [0.25, 0.3) is 0 Å². The van der Waals surface area contributed by atoms with Crippen LogP contribution in [-0.2, 0) is 11.0 Å². The number of carbonyl (C=O) groups excluding carboxylic acids is 1. The maximum absolute atomic E-state index is 12.4. The molecule has 0 fully saturated rings. The standard InChI is InChI=1S/C13H13F3N2OS2/c1-8(21-12-17-6-7-20-12)11(19)18-10-4-2-9(3-5-10)13(14,15)16/h2-5,8H,6-7H2,1H3,(H,18,19)/t8-/m1/s1. The molecular formula is C13H13F3N2OS2. The van der Waals surface area contributed by atoms with Gasteiger partial charge >= 0.3 is 6.18 Å². The van der Waals surface area contributed by atoms with Crippen molar-refractivity contribution in [3.63, 3.8) is 0 Å². The van der Waals surface area contributed by atoms with Gasteiger partial charge in [-0.2, -0.15) is 13.2 Å². The molecule has 0 aromatic heterocycles. The number of nitrogens with one attached hydrogen (secondary N) is 1. The topological polar surface area (TPSA) is 41.5 Å². The van der Waals surface area contributed by atoms with Gasteiger partial charge in [-0.15, -0.1) is 0 Å². The Morgan fingerprint density at radius 1 is 1.38 bits per heavy atom. The first-order chi connectivity index (χ1) is 9.86. The van der Waals surface area contributed by atoms with E-state index in [1.54, 1.807) is 18.7 Å². The highest BCUT2D eigenvalue weighted by Crippen LogP contribution is 2.30. The van der Waals surface area contributed by atoms with Crippen LogP contribution in [0.4, 0.5) is 18.9 Å². The van der Waals surface area contributed by atoms with Gasteiger partial charge in [-0.3, -0.25) is 9.79 Å². The summed E-state index contributed by atoms with van der Waals surface area (Å²) in [5.74, 6) is 0.671. The van der Waals surface area contributed by atoms with Crippen LogP contribution in [0.15, 0.2) is 29.3 Å². The second kappa shape index (κ2) is 6.74. The first-order valence-corrected chi connectivity index (χ1v) is 8.05. The summed E-state index contributed by atoms with van der Waals surface area (Å²) in [7, 11) is 0. The third-order valence-corrected chi connectivity index (χ3v) is 4.99. The minimum absolute atomic E-state index is 0.255. The Morgan fingerprint density at radius 3 is 2.57 bits per heavy atom. The minimum atomic E-state index is -4.37. The van der Waals surface area contributed by atoms with E-state index < -0.39 is 11.7 Å². The van der Waals surface area contributed by atoms with Crippen LogP contribution in [0.3, 0.4) is 0 Å². The Labute approximate surface area is 128 Å². The zero-order valence-electron chi connectivity index (χ0n) is 11.1. The number of carbonyl (C=O) groups is 1. The number of anilines is 1. The highest BCUT2D eigenvalue weighted by molar-refractivity contribution is 8.39. The van der Waals surface area contributed by atoms with E-state index in [1.165, 1.54) is 23.9 Å². The number of thioether (sulfide) groups is 2. The molecule has 1 amide bonds. The summed E-state index contributed by atoms with van der Waals surface area (Å²) in [5, 5.41) is 2.25. The first-order valence-electron chi connectivity index (χ1n) is 6.18. The van der Waals surface area contributed by atoms with E-state index in [4.69, 9.17) is 0 Å². The number of amides is 1. The molecule has 0 radical (unpaired) electrons. The van der Waals surface area contributed by atoms with Gasteiger partial charge in [-0.1, -0.05) is 23.5 Å². The molecule has 1 aromatic carbocycles. The van der Waals surface area contributed by atoms with E-state index in [9.17, 15) is 18.0 Å². The Morgan fingerprint density at radius 2 is 2.05 bits per heavy atom. The minimum Gasteiger partial charge on any atom is -0.325 e. The summed E-state index contributed by atoms with van der Waals surface area (Å²) in [6.45, 7) is 2.51. The molecule has 8 heteroatoms. The largest absolute Gasteiger partial charge is 0.416 e. The Kier molecular flexibility index (Phi) is 5.21. The second-order valence-corrected chi connectivity index (χ2v) is 6.99. The molecule has 0 saturated heterocycles. The van der Waals surface area contributed by atoms with Crippen molar-refractivity contribution in [2.75, 3.05) is 17.6 Å². The van der Waals surface area contributed by atoms with Crippen LogP contribution in [0.5, 0.6) is 0 Å². The summed E-state index contributed by atoms with van der Waals surface area (Å²) < 4.78 is 38.2. The Balaban J connectivity index is 1.92. The number of alkyl halides is 3. The van der Waals surface area contributed by atoms with Gasteiger partial charge in [0.15, 0.2) is 0 Å². The van der Waals surface area contributed by atoms with Gasteiger partial charge in [0.1, 0.15) is 4.38 Å². The van der Waals surface area contributed by atoms with Crippen LogP contribution in [0, 0.1) is 0 Å². The molecule has 1 heterocycles. The highest BCUT2D eigenvalue weighted by Gasteiger charge is 2.30. The first kappa shape index (κ1) is 16.2. The second-order valence-electron chi connectivity index (χ2n) is 4.32.